The van der Waals surface area contributed by atoms with Crippen LogP contribution in [-0.2, 0) is 9.53 Å². The third-order valence-corrected chi connectivity index (χ3v) is 1.82. The molecule has 2 nitrogen and oxygen atoms in total. The number of carbonyl (C=O) groups excluding carboxylic acids is 1. The van der Waals surface area contributed by atoms with Crippen LogP contribution >= 0.6 is 0 Å². The molecule has 1 saturated carbocycles. The Balaban J connectivity index is 0.000000791. The summed E-state index contributed by atoms with van der Waals surface area (Å²) in [4.78, 5) is 10.6. The van der Waals surface area contributed by atoms with Gasteiger partial charge in [0.15, 0.2) is 0 Å². The van der Waals surface area contributed by atoms with Crippen molar-refractivity contribution in [2.24, 2.45) is 0 Å². The Hall–Kier alpha value is -1.15. The molecule has 0 N–H and O–H groups in total. The topological polar surface area (TPSA) is 26.3 Å². The minimum Gasteiger partial charge on any atom is -0.373 e. The molecular formula is C12H18O2. The van der Waals surface area contributed by atoms with Crippen LogP contribution in [0.1, 0.15) is 19.8 Å². The van der Waals surface area contributed by atoms with Gasteiger partial charge in [-0.3, -0.25) is 4.79 Å². The van der Waals surface area contributed by atoms with E-state index in [4.69, 9.17) is 4.74 Å². The summed E-state index contributed by atoms with van der Waals surface area (Å²) in [6, 6.07) is 0. The Morgan fingerprint density at radius 2 is 2.14 bits per heavy atom. The van der Waals surface area contributed by atoms with Crippen LogP contribution in [0, 0.1) is 0 Å². The predicted molar refractivity (Wildman–Crippen MR) is 59.2 cm³/mol. The Kier molecular flexibility index (Phi) is 6.68. The fraction of sp³-hybridized carbons (Fsp3) is 0.417. The quantitative estimate of drug-likeness (QED) is 0.508. The fourth-order valence-electron chi connectivity index (χ4n) is 1.07. The van der Waals surface area contributed by atoms with E-state index in [1.807, 2.05) is 19.1 Å². The maximum atomic E-state index is 10.6. The first-order valence-electron chi connectivity index (χ1n) is 4.66. The highest BCUT2D eigenvalue weighted by molar-refractivity contribution is 5.85. The molecule has 0 spiro atoms. The normalized spacial score (nSPS) is 15.9. The van der Waals surface area contributed by atoms with Crippen LogP contribution in [0.4, 0.5) is 0 Å². The number of Topliss-reactive ketones (excluding diaryl/α,β-unsaturated/α-hetero) is 1. The summed E-state index contributed by atoms with van der Waals surface area (Å²) in [5.41, 5.74) is 0.955. The number of ether oxygens (including phenoxy) is 1. The molecule has 1 aliphatic carbocycles. The minimum absolute atomic E-state index is 0.152. The van der Waals surface area contributed by atoms with Gasteiger partial charge in [-0.1, -0.05) is 18.7 Å². The predicted octanol–water partition coefficient (Wildman–Crippen LogP) is 2.67. The molecule has 0 unspecified atom stereocenters. The van der Waals surface area contributed by atoms with Gasteiger partial charge in [0.1, 0.15) is 5.78 Å². The van der Waals surface area contributed by atoms with Crippen molar-refractivity contribution in [2.75, 3.05) is 6.61 Å². The summed E-state index contributed by atoms with van der Waals surface area (Å²) in [5.74, 6) is 0.302. The monoisotopic (exact) mass is 194 g/mol. The summed E-state index contributed by atoms with van der Waals surface area (Å²) < 4.78 is 5.39. The van der Waals surface area contributed by atoms with Crippen LogP contribution in [0.25, 0.3) is 0 Å². The molecule has 0 aromatic carbocycles. The van der Waals surface area contributed by atoms with E-state index in [2.05, 4.69) is 19.7 Å². The fourth-order valence-corrected chi connectivity index (χ4v) is 1.07. The zero-order valence-corrected chi connectivity index (χ0v) is 8.79. The van der Waals surface area contributed by atoms with E-state index in [0.717, 1.165) is 5.57 Å². The number of carbonyl (C=O) groups is 1. The van der Waals surface area contributed by atoms with Gasteiger partial charge in [0.2, 0.25) is 0 Å². The molecule has 14 heavy (non-hydrogen) atoms. The highest BCUT2D eigenvalue weighted by Gasteiger charge is 2.26. The van der Waals surface area contributed by atoms with Crippen LogP contribution in [0.5, 0.6) is 0 Å². The number of allylic oxidation sites excluding steroid dienone is 1. The van der Waals surface area contributed by atoms with Crippen LogP contribution in [0.15, 0.2) is 37.5 Å². The minimum atomic E-state index is 0.152. The average molecular weight is 194 g/mol. The number of rotatable bonds is 4. The lowest BCUT2D eigenvalue weighted by atomic mass is 9.94. The van der Waals surface area contributed by atoms with Crippen molar-refractivity contribution < 1.29 is 9.53 Å². The largest absolute Gasteiger partial charge is 0.373 e. The van der Waals surface area contributed by atoms with Gasteiger partial charge in [0, 0.05) is 12.8 Å². The molecule has 0 aromatic heterocycles. The second kappa shape index (κ2) is 7.27. The second-order valence-corrected chi connectivity index (χ2v) is 3.04. The number of hydrogen-bond donors (Lipinski definition) is 0. The Labute approximate surface area is 86.0 Å². The molecule has 1 aliphatic rings. The van der Waals surface area contributed by atoms with Crippen molar-refractivity contribution >= 4 is 5.78 Å². The van der Waals surface area contributed by atoms with Crippen molar-refractivity contribution in [1.29, 1.82) is 0 Å². The van der Waals surface area contributed by atoms with Gasteiger partial charge in [0.25, 0.3) is 0 Å². The first-order valence-corrected chi connectivity index (χ1v) is 4.66. The van der Waals surface area contributed by atoms with E-state index in [1.165, 1.54) is 0 Å². The molecule has 0 saturated heterocycles. The molecule has 1 fully saturated rings. The van der Waals surface area contributed by atoms with E-state index >= 15 is 0 Å². The third-order valence-electron chi connectivity index (χ3n) is 1.82. The molecule has 1 rings (SSSR count). The Bertz CT molecular complexity index is 220. The van der Waals surface area contributed by atoms with E-state index in [1.54, 1.807) is 0 Å². The van der Waals surface area contributed by atoms with Crippen LogP contribution in [-0.4, -0.2) is 18.5 Å². The zero-order valence-electron chi connectivity index (χ0n) is 8.79. The van der Waals surface area contributed by atoms with Gasteiger partial charge >= 0.3 is 0 Å². The molecule has 2 heteroatoms. The molecule has 78 valence electrons. The van der Waals surface area contributed by atoms with Crippen molar-refractivity contribution in [3.8, 4) is 0 Å². The van der Waals surface area contributed by atoms with Gasteiger partial charge in [-0.15, -0.1) is 13.2 Å². The van der Waals surface area contributed by atoms with Gasteiger partial charge in [-0.25, -0.2) is 0 Å². The molecule has 0 radical (unpaired) electrons. The van der Waals surface area contributed by atoms with E-state index < -0.39 is 0 Å². The first kappa shape index (κ1) is 12.8. The van der Waals surface area contributed by atoms with Crippen LogP contribution in [0.2, 0.25) is 0 Å². The maximum Gasteiger partial charge on any atom is 0.138 e. The number of ketones is 1. The summed E-state index contributed by atoms with van der Waals surface area (Å²) in [6.45, 7) is 12.3. The summed E-state index contributed by atoms with van der Waals surface area (Å²) >= 11 is 0. The number of hydrogen-bond acceptors (Lipinski definition) is 2. The summed E-state index contributed by atoms with van der Waals surface area (Å²) in [7, 11) is 0. The van der Waals surface area contributed by atoms with Crippen molar-refractivity contribution in [1.82, 2.24) is 0 Å². The second-order valence-electron chi connectivity index (χ2n) is 3.04. The molecule has 0 bridgehead atoms. The SMILES string of the molecule is C=C.C=C(/C=C\C)COC1CC(=O)C1. The highest BCUT2D eigenvalue weighted by Crippen LogP contribution is 2.18. The van der Waals surface area contributed by atoms with E-state index in [9.17, 15) is 4.79 Å². The molecule has 0 heterocycles. The van der Waals surface area contributed by atoms with Gasteiger partial charge in [-0.2, -0.15) is 0 Å². The summed E-state index contributed by atoms with van der Waals surface area (Å²) in [5, 5.41) is 0. The lowest BCUT2D eigenvalue weighted by Crippen LogP contribution is -2.31. The van der Waals surface area contributed by atoms with E-state index in [0.29, 0.717) is 25.2 Å². The molecule has 0 atom stereocenters. The van der Waals surface area contributed by atoms with Crippen LogP contribution in [0.3, 0.4) is 0 Å². The van der Waals surface area contributed by atoms with Crippen molar-refractivity contribution in [3.05, 3.63) is 37.5 Å². The zero-order chi connectivity index (χ0) is 11.0. The molecular weight excluding hydrogens is 176 g/mol. The lowest BCUT2D eigenvalue weighted by molar-refractivity contribution is -0.133. The Morgan fingerprint density at radius 1 is 1.57 bits per heavy atom. The van der Waals surface area contributed by atoms with Gasteiger partial charge < -0.3 is 4.74 Å². The van der Waals surface area contributed by atoms with E-state index in [-0.39, 0.29) is 6.10 Å². The van der Waals surface area contributed by atoms with Gasteiger partial charge in [0.05, 0.1) is 12.7 Å². The van der Waals surface area contributed by atoms with Crippen LogP contribution < -0.4 is 0 Å². The van der Waals surface area contributed by atoms with Crippen molar-refractivity contribution in [3.63, 3.8) is 0 Å². The average Bonchev–Trinajstić information content (AvgIpc) is 2.14. The smallest absolute Gasteiger partial charge is 0.138 e. The maximum absolute atomic E-state index is 10.6. The van der Waals surface area contributed by atoms with Crippen molar-refractivity contribution in [2.45, 2.75) is 25.9 Å². The standard InChI is InChI=1S/C10H14O2.C2H4/c1-3-4-8(2)7-12-10-5-9(11)6-10;1-2/h3-4,10H,2,5-7H2,1H3;1-2H2/b4-3-;. The lowest BCUT2D eigenvalue weighted by Gasteiger charge is -2.24. The highest BCUT2D eigenvalue weighted by atomic mass is 16.5. The molecule has 0 aromatic rings. The third kappa shape index (κ3) is 4.77. The summed E-state index contributed by atoms with van der Waals surface area (Å²) in [6.07, 6.45) is 5.17. The molecule has 0 aliphatic heterocycles. The molecule has 0 amide bonds. The van der Waals surface area contributed by atoms with Gasteiger partial charge in [-0.05, 0) is 12.5 Å². The first-order chi connectivity index (χ1) is 6.72. The Morgan fingerprint density at radius 3 is 2.57 bits per heavy atom.